The lowest BCUT2D eigenvalue weighted by molar-refractivity contribution is -0.134. The molecule has 112 valence electrons. The number of nitrogens with one attached hydrogen (secondary N) is 1. The summed E-state index contributed by atoms with van der Waals surface area (Å²) in [6.07, 6.45) is 3.14. The van der Waals surface area contributed by atoms with Crippen molar-refractivity contribution < 1.29 is 14.1 Å². The van der Waals surface area contributed by atoms with Gasteiger partial charge in [0.25, 0.3) is 0 Å². The first-order valence-corrected chi connectivity index (χ1v) is 7.07. The van der Waals surface area contributed by atoms with E-state index in [1.54, 1.807) is 17.9 Å². The van der Waals surface area contributed by atoms with Gasteiger partial charge < -0.3 is 14.7 Å². The SMILES string of the molecule is CCCCC(=O)N(CCC)CC(=O)Nc1cc(C)on1. The molecule has 2 amide bonds. The maximum atomic E-state index is 12.0. The number of aryl methyl sites for hydroxylation is 1. The number of hydrogen-bond acceptors (Lipinski definition) is 4. The molecule has 1 N–H and O–H groups in total. The van der Waals surface area contributed by atoms with Gasteiger partial charge in [-0.1, -0.05) is 25.4 Å². The molecule has 0 aliphatic carbocycles. The molecule has 1 aromatic rings. The average molecular weight is 281 g/mol. The molecule has 6 heteroatoms. The molecule has 1 rings (SSSR count). The first kappa shape index (κ1) is 16.2. The number of hydrogen-bond donors (Lipinski definition) is 1. The second-order valence-corrected chi connectivity index (χ2v) is 4.79. The van der Waals surface area contributed by atoms with Crippen LogP contribution in [0.15, 0.2) is 10.6 Å². The lowest BCUT2D eigenvalue weighted by Crippen LogP contribution is -2.38. The van der Waals surface area contributed by atoms with Crippen LogP contribution in [-0.4, -0.2) is 35.0 Å². The molecule has 0 unspecified atom stereocenters. The van der Waals surface area contributed by atoms with Crippen LogP contribution in [0.4, 0.5) is 5.82 Å². The van der Waals surface area contributed by atoms with Gasteiger partial charge in [0.15, 0.2) is 5.82 Å². The Hall–Kier alpha value is -1.85. The molecule has 0 aliphatic heterocycles. The molecule has 0 radical (unpaired) electrons. The Morgan fingerprint density at radius 2 is 2.10 bits per heavy atom. The van der Waals surface area contributed by atoms with Gasteiger partial charge in [0, 0.05) is 19.0 Å². The van der Waals surface area contributed by atoms with Crippen LogP contribution in [0.5, 0.6) is 0 Å². The van der Waals surface area contributed by atoms with E-state index in [0.29, 0.717) is 24.5 Å². The molecule has 0 bridgehead atoms. The second kappa shape index (κ2) is 8.35. The number of unbranched alkanes of at least 4 members (excludes halogenated alkanes) is 1. The molecule has 0 spiro atoms. The molecule has 0 saturated carbocycles. The summed E-state index contributed by atoms with van der Waals surface area (Å²) in [6.45, 7) is 6.42. The average Bonchev–Trinajstić information content (AvgIpc) is 2.80. The molecular formula is C14H23N3O3. The summed E-state index contributed by atoms with van der Waals surface area (Å²) in [4.78, 5) is 25.5. The van der Waals surface area contributed by atoms with Gasteiger partial charge in [-0.3, -0.25) is 9.59 Å². The van der Waals surface area contributed by atoms with Crippen molar-refractivity contribution in [2.24, 2.45) is 0 Å². The highest BCUT2D eigenvalue weighted by molar-refractivity contribution is 5.93. The van der Waals surface area contributed by atoms with Gasteiger partial charge in [-0.15, -0.1) is 0 Å². The predicted molar refractivity (Wildman–Crippen MR) is 76.3 cm³/mol. The van der Waals surface area contributed by atoms with Crippen LogP contribution in [0, 0.1) is 6.92 Å². The Bertz CT molecular complexity index is 443. The molecule has 6 nitrogen and oxygen atoms in total. The summed E-state index contributed by atoms with van der Waals surface area (Å²) in [7, 11) is 0. The maximum absolute atomic E-state index is 12.0. The third kappa shape index (κ3) is 5.42. The largest absolute Gasteiger partial charge is 0.360 e. The van der Waals surface area contributed by atoms with E-state index in [2.05, 4.69) is 10.5 Å². The summed E-state index contributed by atoms with van der Waals surface area (Å²) in [5.41, 5.74) is 0. The predicted octanol–water partition coefficient (Wildman–Crippen LogP) is 2.35. The van der Waals surface area contributed by atoms with Crippen molar-refractivity contribution in [1.82, 2.24) is 10.1 Å². The van der Waals surface area contributed by atoms with Gasteiger partial charge in [-0.25, -0.2) is 0 Å². The second-order valence-electron chi connectivity index (χ2n) is 4.79. The zero-order chi connectivity index (χ0) is 15.0. The fourth-order valence-electron chi connectivity index (χ4n) is 1.83. The van der Waals surface area contributed by atoms with E-state index in [0.717, 1.165) is 19.3 Å². The van der Waals surface area contributed by atoms with Crippen molar-refractivity contribution in [2.75, 3.05) is 18.4 Å². The van der Waals surface area contributed by atoms with Crippen molar-refractivity contribution in [3.63, 3.8) is 0 Å². The maximum Gasteiger partial charge on any atom is 0.245 e. The van der Waals surface area contributed by atoms with Crippen LogP contribution in [0.3, 0.4) is 0 Å². The lowest BCUT2D eigenvalue weighted by atomic mass is 10.2. The van der Waals surface area contributed by atoms with Gasteiger partial charge in [0.2, 0.25) is 11.8 Å². The number of nitrogens with zero attached hydrogens (tertiary/aromatic N) is 2. The van der Waals surface area contributed by atoms with Gasteiger partial charge in [0.1, 0.15) is 5.76 Å². The topological polar surface area (TPSA) is 75.4 Å². The lowest BCUT2D eigenvalue weighted by Gasteiger charge is -2.21. The van der Waals surface area contributed by atoms with Gasteiger partial charge in [-0.2, -0.15) is 0 Å². The van der Waals surface area contributed by atoms with Gasteiger partial charge >= 0.3 is 0 Å². The molecule has 0 saturated heterocycles. The van der Waals surface area contributed by atoms with Crippen molar-refractivity contribution in [2.45, 2.75) is 46.5 Å². The molecule has 20 heavy (non-hydrogen) atoms. The number of anilines is 1. The quantitative estimate of drug-likeness (QED) is 0.793. The normalized spacial score (nSPS) is 10.3. The van der Waals surface area contributed by atoms with E-state index >= 15 is 0 Å². The molecule has 0 atom stereocenters. The van der Waals surface area contributed by atoms with Crippen LogP contribution >= 0.6 is 0 Å². The highest BCUT2D eigenvalue weighted by Crippen LogP contribution is 2.07. The summed E-state index contributed by atoms with van der Waals surface area (Å²) in [5, 5.41) is 6.32. The first-order valence-electron chi connectivity index (χ1n) is 7.07. The van der Waals surface area contributed by atoms with E-state index in [1.807, 2.05) is 13.8 Å². The zero-order valence-electron chi connectivity index (χ0n) is 12.4. The van der Waals surface area contributed by atoms with Crippen molar-refractivity contribution in [3.8, 4) is 0 Å². The van der Waals surface area contributed by atoms with Crippen LogP contribution in [0.1, 0.15) is 45.3 Å². The summed E-state index contributed by atoms with van der Waals surface area (Å²) in [6, 6.07) is 1.64. The smallest absolute Gasteiger partial charge is 0.245 e. The fraction of sp³-hybridized carbons (Fsp3) is 0.643. The molecule has 1 aromatic heterocycles. The van der Waals surface area contributed by atoms with Crippen molar-refractivity contribution in [1.29, 1.82) is 0 Å². The number of aromatic nitrogens is 1. The number of amides is 2. The van der Waals surface area contributed by atoms with Crippen LogP contribution in [-0.2, 0) is 9.59 Å². The number of carbonyl (C=O) groups is 2. The fourth-order valence-corrected chi connectivity index (χ4v) is 1.83. The summed E-state index contributed by atoms with van der Waals surface area (Å²) >= 11 is 0. The number of carbonyl (C=O) groups excluding carboxylic acids is 2. The van der Waals surface area contributed by atoms with Crippen molar-refractivity contribution >= 4 is 17.6 Å². The first-order chi connectivity index (χ1) is 9.56. The van der Waals surface area contributed by atoms with E-state index in [9.17, 15) is 9.59 Å². The Morgan fingerprint density at radius 1 is 1.35 bits per heavy atom. The summed E-state index contributed by atoms with van der Waals surface area (Å²) in [5.74, 6) is 0.784. The minimum atomic E-state index is -0.253. The molecule has 0 fully saturated rings. The third-order valence-electron chi connectivity index (χ3n) is 2.82. The minimum Gasteiger partial charge on any atom is -0.360 e. The van der Waals surface area contributed by atoms with Gasteiger partial charge in [-0.05, 0) is 19.8 Å². The van der Waals surface area contributed by atoms with E-state index in [1.165, 1.54) is 0 Å². The van der Waals surface area contributed by atoms with Gasteiger partial charge in [0.05, 0.1) is 6.54 Å². The summed E-state index contributed by atoms with van der Waals surface area (Å²) < 4.78 is 4.87. The Balaban J connectivity index is 2.51. The highest BCUT2D eigenvalue weighted by Gasteiger charge is 2.16. The van der Waals surface area contributed by atoms with Crippen LogP contribution < -0.4 is 5.32 Å². The monoisotopic (exact) mass is 281 g/mol. The Labute approximate surface area is 119 Å². The minimum absolute atomic E-state index is 0.0279. The number of rotatable bonds is 8. The third-order valence-corrected chi connectivity index (χ3v) is 2.82. The Morgan fingerprint density at radius 3 is 2.65 bits per heavy atom. The van der Waals surface area contributed by atoms with Crippen LogP contribution in [0.25, 0.3) is 0 Å². The molecule has 0 aliphatic rings. The Kier molecular flexibility index (Phi) is 6.76. The van der Waals surface area contributed by atoms with Crippen LogP contribution in [0.2, 0.25) is 0 Å². The van der Waals surface area contributed by atoms with Crippen molar-refractivity contribution in [3.05, 3.63) is 11.8 Å². The molecule has 0 aromatic carbocycles. The standard InChI is InChI=1S/C14H23N3O3/c1-4-6-7-14(19)17(8-5-2)10-13(18)15-12-9-11(3)20-16-12/h9H,4-8,10H2,1-3H3,(H,15,16,18). The highest BCUT2D eigenvalue weighted by atomic mass is 16.5. The molecular weight excluding hydrogens is 258 g/mol. The molecule has 1 heterocycles. The zero-order valence-corrected chi connectivity index (χ0v) is 12.4. The van der Waals surface area contributed by atoms with E-state index in [-0.39, 0.29) is 18.4 Å². The van der Waals surface area contributed by atoms with E-state index < -0.39 is 0 Å². The van der Waals surface area contributed by atoms with E-state index in [4.69, 9.17) is 4.52 Å².